The molecule has 11 heteroatoms. The van der Waals surface area contributed by atoms with E-state index >= 15 is 0 Å². The number of benzene rings is 1. The van der Waals surface area contributed by atoms with Gasteiger partial charge in [0.2, 0.25) is 5.76 Å². The van der Waals surface area contributed by atoms with Crippen molar-refractivity contribution < 1.29 is 28.0 Å². The monoisotopic (exact) mass is 553 g/mol. The zero-order valence-electron chi connectivity index (χ0n) is 16.3. The normalized spacial score (nSPS) is 15.1. The quantitative estimate of drug-likeness (QED) is 0.253. The van der Waals surface area contributed by atoms with Gasteiger partial charge in [-0.3, -0.25) is 14.5 Å². The first-order valence-corrected chi connectivity index (χ1v) is 11.8. The maximum Gasteiger partial charge on any atom is 0.373 e. The average Bonchev–Trinajstić information content (AvgIpc) is 3.44. The average molecular weight is 555 g/mol. The molecule has 32 heavy (non-hydrogen) atoms. The molecule has 0 radical (unpaired) electrons. The van der Waals surface area contributed by atoms with E-state index in [1.807, 2.05) is 12.1 Å². The van der Waals surface area contributed by atoms with Crippen LogP contribution in [0.5, 0.6) is 0 Å². The number of amides is 2. The molecule has 1 aliphatic heterocycles. The summed E-state index contributed by atoms with van der Waals surface area (Å²) >= 11 is 11.6. The number of imide groups is 1. The summed E-state index contributed by atoms with van der Waals surface area (Å²) in [5, 5.41) is 0.794. The van der Waals surface area contributed by atoms with Crippen molar-refractivity contribution in [1.29, 1.82) is 0 Å². The second-order valence-corrected chi connectivity index (χ2v) is 9.70. The number of rotatable bonds is 6. The molecule has 1 fully saturated rings. The standard InChI is InChI=1S/C21H13BrClNO6S2/c1-28-19(26)16-7-4-12(29-16)10-24-18(25)17(32-21(24)27)9-13-8-15(22)20(30-13)31-14-5-2-11(23)3-6-14/h2-9H,10H2,1H3/b17-9+. The molecule has 0 N–H and O–H groups in total. The lowest BCUT2D eigenvalue weighted by atomic mass is 10.3. The molecule has 1 saturated heterocycles. The van der Waals surface area contributed by atoms with Crippen molar-refractivity contribution in [2.24, 2.45) is 0 Å². The lowest BCUT2D eigenvalue weighted by molar-refractivity contribution is -0.123. The summed E-state index contributed by atoms with van der Waals surface area (Å²) in [5.74, 6) is -0.409. The second kappa shape index (κ2) is 9.62. The van der Waals surface area contributed by atoms with Gasteiger partial charge in [-0.1, -0.05) is 23.4 Å². The van der Waals surface area contributed by atoms with Gasteiger partial charge < -0.3 is 13.6 Å². The van der Waals surface area contributed by atoms with E-state index in [-0.39, 0.29) is 23.0 Å². The Kier molecular flexibility index (Phi) is 6.85. The third-order valence-corrected chi connectivity index (χ3v) is 7.22. The molecule has 1 aliphatic rings. The van der Waals surface area contributed by atoms with E-state index in [9.17, 15) is 14.4 Å². The number of halogens is 2. The van der Waals surface area contributed by atoms with Gasteiger partial charge in [-0.25, -0.2) is 4.79 Å². The molecule has 2 aromatic heterocycles. The van der Waals surface area contributed by atoms with Gasteiger partial charge in [0.15, 0.2) is 5.09 Å². The highest BCUT2D eigenvalue weighted by atomic mass is 79.9. The fraction of sp³-hybridized carbons (Fsp3) is 0.0952. The lowest BCUT2D eigenvalue weighted by Crippen LogP contribution is -2.27. The van der Waals surface area contributed by atoms with Crippen molar-refractivity contribution in [3.05, 3.63) is 74.1 Å². The van der Waals surface area contributed by atoms with E-state index in [0.29, 0.717) is 20.3 Å². The Morgan fingerprint density at radius 3 is 2.69 bits per heavy atom. The number of carbonyl (C=O) groups is 3. The van der Waals surface area contributed by atoms with E-state index in [1.54, 1.807) is 18.2 Å². The first kappa shape index (κ1) is 22.8. The third kappa shape index (κ3) is 4.98. The van der Waals surface area contributed by atoms with E-state index in [0.717, 1.165) is 21.6 Å². The van der Waals surface area contributed by atoms with Gasteiger partial charge in [0.1, 0.15) is 11.5 Å². The predicted molar refractivity (Wildman–Crippen MR) is 124 cm³/mol. The van der Waals surface area contributed by atoms with Crippen LogP contribution in [0.25, 0.3) is 6.08 Å². The number of thioether (sulfide) groups is 1. The number of ether oxygens (including phenoxy) is 1. The highest BCUT2D eigenvalue weighted by molar-refractivity contribution is 9.10. The number of esters is 1. The van der Waals surface area contributed by atoms with Crippen LogP contribution in [0.3, 0.4) is 0 Å². The number of carbonyl (C=O) groups excluding carboxylic acids is 3. The van der Waals surface area contributed by atoms with Gasteiger partial charge in [0.05, 0.1) is 23.0 Å². The van der Waals surface area contributed by atoms with Crippen LogP contribution in [-0.2, 0) is 16.1 Å². The van der Waals surface area contributed by atoms with E-state index in [1.165, 1.54) is 37.1 Å². The van der Waals surface area contributed by atoms with Crippen LogP contribution in [0.15, 0.2) is 70.7 Å². The first-order valence-electron chi connectivity index (χ1n) is 8.99. The minimum absolute atomic E-state index is 0.00355. The van der Waals surface area contributed by atoms with E-state index in [2.05, 4.69) is 20.7 Å². The molecule has 3 heterocycles. The molecule has 7 nitrogen and oxygen atoms in total. The Labute approximate surface area is 204 Å². The number of hydrogen-bond donors (Lipinski definition) is 0. The zero-order chi connectivity index (χ0) is 22.8. The van der Waals surface area contributed by atoms with Gasteiger partial charge in [-0.2, -0.15) is 0 Å². The molecule has 0 saturated carbocycles. The molecule has 1 aromatic carbocycles. The van der Waals surface area contributed by atoms with Crippen LogP contribution in [0.1, 0.15) is 22.1 Å². The summed E-state index contributed by atoms with van der Waals surface area (Å²) in [5.41, 5.74) is 0. The van der Waals surface area contributed by atoms with Crippen molar-refractivity contribution in [2.45, 2.75) is 16.5 Å². The Morgan fingerprint density at radius 1 is 1.22 bits per heavy atom. The summed E-state index contributed by atoms with van der Waals surface area (Å²) in [6.45, 7) is -0.0987. The van der Waals surface area contributed by atoms with Crippen LogP contribution >= 0.6 is 51.1 Å². The molecular formula is C21H13BrClNO6S2. The van der Waals surface area contributed by atoms with Crippen molar-refractivity contribution in [1.82, 2.24) is 4.90 Å². The fourth-order valence-corrected chi connectivity index (χ4v) is 4.99. The van der Waals surface area contributed by atoms with Crippen molar-refractivity contribution in [3.8, 4) is 0 Å². The predicted octanol–water partition coefficient (Wildman–Crippen LogP) is 6.46. The maximum absolute atomic E-state index is 12.7. The van der Waals surface area contributed by atoms with E-state index < -0.39 is 17.1 Å². The minimum Gasteiger partial charge on any atom is -0.463 e. The first-order chi connectivity index (χ1) is 15.3. The molecule has 164 valence electrons. The molecule has 3 aromatic rings. The SMILES string of the molecule is COC(=O)c1ccc(CN2C(=O)S/C(=C/c3cc(Br)c(Sc4ccc(Cl)cc4)o3)C2=O)o1. The minimum atomic E-state index is -0.638. The highest BCUT2D eigenvalue weighted by Crippen LogP contribution is 2.39. The second-order valence-electron chi connectivity index (χ2n) is 6.37. The summed E-state index contributed by atoms with van der Waals surface area (Å²) in [6.07, 6.45) is 1.52. The lowest BCUT2D eigenvalue weighted by Gasteiger charge is -2.09. The summed E-state index contributed by atoms with van der Waals surface area (Å²) < 4.78 is 16.5. The Balaban J connectivity index is 1.48. The smallest absolute Gasteiger partial charge is 0.373 e. The van der Waals surface area contributed by atoms with Crippen LogP contribution < -0.4 is 0 Å². The van der Waals surface area contributed by atoms with Crippen LogP contribution in [0.4, 0.5) is 4.79 Å². The summed E-state index contributed by atoms with van der Waals surface area (Å²) in [6, 6.07) is 12.0. The van der Waals surface area contributed by atoms with Gasteiger partial charge in [0.25, 0.3) is 11.1 Å². The highest BCUT2D eigenvalue weighted by Gasteiger charge is 2.36. The van der Waals surface area contributed by atoms with Crippen LogP contribution in [0.2, 0.25) is 5.02 Å². The molecule has 0 spiro atoms. The molecule has 0 unspecified atom stereocenters. The molecule has 0 atom stereocenters. The summed E-state index contributed by atoms with van der Waals surface area (Å²) in [7, 11) is 1.23. The Hall–Kier alpha value is -2.40. The zero-order valence-corrected chi connectivity index (χ0v) is 20.3. The van der Waals surface area contributed by atoms with Crippen molar-refractivity contribution in [3.63, 3.8) is 0 Å². The summed E-state index contributed by atoms with van der Waals surface area (Å²) in [4.78, 5) is 38.8. The molecule has 0 bridgehead atoms. The Morgan fingerprint density at radius 2 is 1.97 bits per heavy atom. The molecule has 0 aliphatic carbocycles. The topological polar surface area (TPSA) is 90.0 Å². The van der Waals surface area contributed by atoms with E-state index in [4.69, 9.17) is 20.4 Å². The fourth-order valence-electron chi connectivity index (χ4n) is 2.71. The number of hydrogen-bond acceptors (Lipinski definition) is 8. The third-order valence-electron chi connectivity index (χ3n) is 4.21. The molecule has 2 amide bonds. The number of nitrogens with zero attached hydrogens (tertiary/aromatic N) is 1. The number of furan rings is 2. The molecular weight excluding hydrogens is 542 g/mol. The van der Waals surface area contributed by atoms with Crippen LogP contribution in [-0.4, -0.2) is 29.1 Å². The molecule has 4 rings (SSSR count). The van der Waals surface area contributed by atoms with Crippen LogP contribution in [0, 0.1) is 0 Å². The van der Waals surface area contributed by atoms with Gasteiger partial charge in [-0.15, -0.1) is 0 Å². The van der Waals surface area contributed by atoms with Gasteiger partial charge in [0, 0.05) is 16.0 Å². The largest absolute Gasteiger partial charge is 0.463 e. The van der Waals surface area contributed by atoms with Gasteiger partial charge >= 0.3 is 5.97 Å². The number of methoxy groups -OCH3 is 1. The van der Waals surface area contributed by atoms with Crippen molar-refractivity contribution >= 4 is 74.2 Å². The van der Waals surface area contributed by atoms with Crippen molar-refractivity contribution in [2.75, 3.05) is 7.11 Å². The maximum atomic E-state index is 12.7. The van der Waals surface area contributed by atoms with Gasteiger partial charge in [-0.05, 0) is 70.2 Å². The Bertz CT molecular complexity index is 1230.